The highest BCUT2D eigenvalue weighted by atomic mass is 16.1. The molecule has 0 aliphatic heterocycles. The summed E-state index contributed by atoms with van der Waals surface area (Å²) in [5.74, 6) is 0.0527. The molecule has 1 unspecified atom stereocenters. The molecule has 0 spiro atoms. The zero-order chi connectivity index (χ0) is 10.4. The standard InChI is InChI=1S/C10H17N3O/c1-8(11)4-5-10(14)13-7-9-3-2-6-12-9/h2-3,6,8,12H,4-5,7,11H2,1H3,(H,13,14). The van der Waals surface area contributed by atoms with Crippen molar-refractivity contribution in [2.45, 2.75) is 32.4 Å². The minimum absolute atomic E-state index is 0.0527. The Morgan fingerprint density at radius 3 is 3.07 bits per heavy atom. The number of carbonyl (C=O) groups is 1. The lowest BCUT2D eigenvalue weighted by Crippen LogP contribution is -2.25. The molecule has 0 fully saturated rings. The zero-order valence-corrected chi connectivity index (χ0v) is 8.42. The molecule has 0 saturated heterocycles. The van der Waals surface area contributed by atoms with Crippen molar-refractivity contribution in [3.8, 4) is 0 Å². The molecule has 0 bridgehead atoms. The zero-order valence-electron chi connectivity index (χ0n) is 8.42. The van der Waals surface area contributed by atoms with Gasteiger partial charge in [-0.2, -0.15) is 0 Å². The van der Waals surface area contributed by atoms with Crippen LogP contribution in [0, 0.1) is 0 Å². The van der Waals surface area contributed by atoms with E-state index in [1.54, 1.807) is 0 Å². The van der Waals surface area contributed by atoms with Crippen LogP contribution in [0.25, 0.3) is 0 Å². The first-order valence-electron chi connectivity index (χ1n) is 4.83. The van der Waals surface area contributed by atoms with E-state index in [4.69, 9.17) is 5.73 Å². The fourth-order valence-corrected chi connectivity index (χ4v) is 1.12. The number of hydrogen-bond acceptors (Lipinski definition) is 2. The van der Waals surface area contributed by atoms with E-state index in [-0.39, 0.29) is 11.9 Å². The number of carbonyl (C=O) groups excluding carboxylic acids is 1. The molecule has 0 saturated carbocycles. The summed E-state index contributed by atoms with van der Waals surface area (Å²) in [4.78, 5) is 14.3. The van der Waals surface area contributed by atoms with Gasteiger partial charge in [-0.25, -0.2) is 0 Å². The summed E-state index contributed by atoms with van der Waals surface area (Å²) >= 11 is 0. The smallest absolute Gasteiger partial charge is 0.220 e. The normalized spacial score (nSPS) is 12.4. The maximum Gasteiger partial charge on any atom is 0.220 e. The van der Waals surface area contributed by atoms with Crippen molar-refractivity contribution in [3.63, 3.8) is 0 Å². The number of rotatable bonds is 5. The maximum atomic E-state index is 11.3. The van der Waals surface area contributed by atoms with E-state index < -0.39 is 0 Å². The van der Waals surface area contributed by atoms with Crippen molar-refractivity contribution in [1.82, 2.24) is 10.3 Å². The molecular formula is C10H17N3O. The van der Waals surface area contributed by atoms with Crippen molar-refractivity contribution in [2.24, 2.45) is 5.73 Å². The lowest BCUT2D eigenvalue weighted by Gasteiger charge is -2.05. The van der Waals surface area contributed by atoms with Crippen molar-refractivity contribution in [2.75, 3.05) is 0 Å². The third-order valence-corrected chi connectivity index (χ3v) is 1.97. The number of nitrogens with two attached hydrogens (primary N) is 1. The van der Waals surface area contributed by atoms with Crippen LogP contribution in [-0.4, -0.2) is 16.9 Å². The maximum absolute atomic E-state index is 11.3. The molecule has 0 radical (unpaired) electrons. The van der Waals surface area contributed by atoms with Crippen molar-refractivity contribution in [1.29, 1.82) is 0 Å². The molecule has 0 aromatic carbocycles. The van der Waals surface area contributed by atoms with E-state index in [1.807, 2.05) is 25.3 Å². The Bertz CT molecular complexity index is 267. The van der Waals surface area contributed by atoms with Crippen LogP contribution in [0.1, 0.15) is 25.5 Å². The van der Waals surface area contributed by atoms with Crippen molar-refractivity contribution >= 4 is 5.91 Å². The summed E-state index contributed by atoms with van der Waals surface area (Å²) < 4.78 is 0. The monoisotopic (exact) mass is 195 g/mol. The predicted molar refractivity (Wildman–Crippen MR) is 55.5 cm³/mol. The van der Waals surface area contributed by atoms with E-state index >= 15 is 0 Å². The molecule has 0 aliphatic carbocycles. The Morgan fingerprint density at radius 1 is 1.71 bits per heavy atom. The molecule has 14 heavy (non-hydrogen) atoms. The second-order valence-corrected chi connectivity index (χ2v) is 3.49. The number of H-pyrrole nitrogens is 1. The Labute approximate surface area is 83.9 Å². The highest BCUT2D eigenvalue weighted by Gasteiger charge is 2.02. The third-order valence-electron chi connectivity index (χ3n) is 1.97. The average molecular weight is 195 g/mol. The molecule has 1 aromatic rings. The van der Waals surface area contributed by atoms with Gasteiger partial charge in [-0.15, -0.1) is 0 Å². The summed E-state index contributed by atoms with van der Waals surface area (Å²) in [6, 6.07) is 3.93. The minimum Gasteiger partial charge on any atom is -0.364 e. The number of nitrogens with one attached hydrogen (secondary N) is 2. The van der Waals surface area contributed by atoms with Gasteiger partial charge in [0.15, 0.2) is 0 Å². The van der Waals surface area contributed by atoms with Crippen LogP contribution in [0.15, 0.2) is 18.3 Å². The summed E-state index contributed by atoms with van der Waals surface area (Å²) in [5.41, 5.74) is 6.56. The van der Waals surface area contributed by atoms with Gasteiger partial charge in [0.2, 0.25) is 5.91 Å². The fourth-order valence-electron chi connectivity index (χ4n) is 1.12. The molecule has 1 amide bonds. The van der Waals surface area contributed by atoms with E-state index in [0.717, 1.165) is 12.1 Å². The molecule has 1 heterocycles. The summed E-state index contributed by atoms with van der Waals surface area (Å²) in [6.45, 7) is 2.46. The second-order valence-electron chi connectivity index (χ2n) is 3.49. The molecule has 1 atom stereocenters. The molecule has 4 nitrogen and oxygen atoms in total. The van der Waals surface area contributed by atoms with Crippen LogP contribution in [0.4, 0.5) is 0 Å². The molecule has 1 rings (SSSR count). The van der Waals surface area contributed by atoms with Crippen LogP contribution < -0.4 is 11.1 Å². The van der Waals surface area contributed by atoms with Crippen LogP contribution in [0.3, 0.4) is 0 Å². The van der Waals surface area contributed by atoms with Gasteiger partial charge >= 0.3 is 0 Å². The first-order valence-corrected chi connectivity index (χ1v) is 4.83. The average Bonchev–Trinajstić information content (AvgIpc) is 2.63. The molecule has 78 valence electrons. The first kappa shape index (κ1) is 10.8. The topological polar surface area (TPSA) is 70.9 Å². The van der Waals surface area contributed by atoms with Crippen LogP contribution in [-0.2, 0) is 11.3 Å². The Hall–Kier alpha value is -1.29. The van der Waals surface area contributed by atoms with E-state index in [0.29, 0.717) is 13.0 Å². The van der Waals surface area contributed by atoms with Gasteiger partial charge in [0, 0.05) is 24.4 Å². The minimum atomic E-state index is 0.0527. The van der Waals surface area contributed by atoms with Gasteiger partial charge in [0.25, 0.3) is 0 Å². The number of amides is 1. The summed E-state index contributed by atoms with van der Waals surface area (Å²) in [7, 11) is 0. The number of aromatic amines is 1. The largest absolute Gasteiger partial charge is 0.364 e. The number of aromatic nitrogens is 1. The van der Waals surface area contributed by atoms with Crippen LogP contribution in [0.2, 0.25) is 0 Å². The van der Waals surface area contributed by atoms with Gasteiger partial charge in [-0.1, -0.05) is 0 Å². The van der Waals surface area contributed by atoms with Gasteiger partial charge in [-0.3, -0.25) is 4.79 Å². The Balaban J connectivity index is 2.15. The van der Waals surface area contributed by atoms with E-state index in [9.17, 15) is 4.79 Å². The van der Waals surface area contributed by atoms with Gasteiger partial charge < -0.3 is 16.0 Å². The van der Waals surface area contributed by atoms with Gasteiger partial charge in [0.05, 0.1) is 6.54 Å². The quantitative estimate of drug-likeness (QED) is 0.649. The molecule has 4 heteroatoms. The van der Waals surface area contributed by atoms with E-state index in [1.165, 1.54) is 0 Å². The summed E-state index contributed by atoms with van der Waals surface area (Å²) in [6.07, 6.45) is 3.07. The fraction of sp³-hybridized carbons (Fsp3) is 0.500. The Kier molecular flexibility index (Phi) is 4.19. The highest BCUT2D eigenvalue weighted by Crippen LogP contribution is 1.96. The highest BCUT2D eigenvalue weighted by molar-refractivity contribution is 5.75. The van der Waals surface area contributed by atoms with Crippen molar-refractivity contribution < 1.29 is 4.79 Å². The SMILES string of the molecule is CC(N)CCC(=O)NCc1ccc[nH]1. The first-order chi connectivity index (χ1) is 6.68. The van der Waals surface area contributed by atoms with E-state index in [2.05, 4.69) is 10.3 Å². The number of hydrogen-bond donors (Lipinski definition) is 3. The second kappa shape index (κ2) is 5.44. The van der Waals surface area contributed by atoms with Crippen molar-refractivity contribution in [3.05, 3.63) is 24.0 Å². The molecule has 1 aromatic heterocycles. The summed E-state index contributed by atoms with van der Waals surface area (Å²) in [5, 5.41) is 2.81. The van der Waals surface area contributed by atoms with Gasteiger partial charge in [-0.05, 0) is 25.5 Å². The lowest BCUT2D eigenvalue weighted by molar-refractivity contribution is -0.121. The van der Waals surface area contributed by atoms with Crippen LogP contribution >= 0.6 is 0 Å². The molecular weight excluding hydrogens is 178 g/mol. The third kappa shape index (κ3) is 4.09. The Morgan fingerprint density at radius 2 is 2.50 bits per heavy atom. The predicted octanol–water partition coefficient (Wildman–Crippen LogP) is 0.758. The van der Waals surface area contributed by atoms with Gasteiger partial charge in [0.1, 0.15) is 0 Å². The van der Waals surface area contributed by atoms with Crippen LogP contribution in [0.5, 0.6) is 0 Å². The molecule has 0 aliphatic rings. The molecule has 4 N–H and O–H groups in total. The lowest BCUT2D eigenvalue weighted by atomic mass is 10.2.